The lowest BCUT2D eigenvalue weighted by atomic mass is 10.0. The van der Waals surface area contributed by atoms with Gasteiger partial charge in [0.05, 0.1) is 95.0 Å². The normalized spacial score (nSPS) is 13.8. The van der Waals surface area contributed by atoms with Crippen molar-refractivity contribution < 1.29 is 81.7 Å². The van der Waals surface area contributed by atoms with Gasteiger partial charge in [-0.15, -0.1) is 0 Å². The molecule has 0 saturated heterocycles. The largest absolute Gasteiger partial charge is 0.480 e. The number of nitrogens with two attached hydrogens (primary N) is 2. The first-order valence-corrected chi connectivity index (χ1v) is 30.2. The number of aromatic nitrogens is 8. The quantitative estimate of drug-likeness (QED) is 0.0144. The second-order valence-electron chi connectivity index (χ2n) is 21.4. The van der Waals surface area contributed by atoms with Gasteiger partial charge >= 0.3 is 23.9 Å². The molecule has 0 aliphatic heterocycles. The van der Waals surface area contributed by atoms with Crippen LogP contribution in [0.2, 0.25) is 0 Å². The smallest absolute Gasteiger partial charge is 0.327 e. The van der Waals surface area contributed by atoms with Gasteiger partial charge in [0, 0.05) is 35.3 Å². The van der Waals surface area contributed by atoms with Crippen LogP contribution >= 0.6 is 0 Å². The first-order chi connectivity index (χ1) is 45.4. The highest BCUT2D eigenvalue weighted by Gasteiger charge is 2.34. The van der Waals surface area contributed by atoms with Crippen molar-refractivity contribution in [2.24, 2.45) is 11.8 Å². The average Bonchev–Trinajstić information content (AvgIpc) is 0.836. The number of ether oxygens (including phenoxy) is 7. The zero-order valence-electron chi connectivity index (χ0n) is 53.0. The molecule has 7 unspecified atom stereocenters. The third-order valence-corrected chi connectivity index (χ3v) is 13.8. The van der Waals surface area contributed by atoms with E-state index in [2.05, 4.69) is 71.8 Å². The highest BCUT2D eigenvalue weighted by atomic mass is 16.6. The lowest BCUT2D eigenvalue weighted by molar-refractivity contribution is -0.166. The number of aliphatic carboxylic acids is 2. The second kappa shape index (κ2) is 36.8. The predicted molar refractivity (Wildman–Crippen MR) is 338 cm³/mol. The fourth-order valence-corrected chi connectivity index (χ4v) is 8.69. The van der Waals surface area contributed by atoms with Crippen LogP contribution < -0.4 is 54.5 Å². The summed E-state index contributed by atoms with van der Waals surface area (Å²) < 4.78 is 40.0. The van der Waals surface area contributed by atoms with E-state index in [1.807, 2.05) is 0 Å². The monoisotopic (exact) mass is 1330 g/mol. The molecule has 0 fully saturated rings. The average molecular weight is 1330 g/mol. The fourth-order valence-electron chi connectivity index (χ4n) is 8.69. The third-order valence-electron chi connectivity index (χ3n) is 13.8. The molecule has 2 aromatic carbocycles. The number of anilines is 4. The molecule has 7 atom stereocenters. The van der Waals surface area contributed by atoms with Gasteiger partial charge in [0.15, 0.2) is 28.4 Å². The van der Waals surface area contributed by atoms with Crippen molar-refractivity contribution in [1.82, 2.24) is 61.1 Å². The number of rotatable bonds is 40. The van der Waals surface area contributed by atoms with E-state index in [-0.39, 0.29) is 124 Å². The van der Waals surface area contributed by atoms with E-state index in [1.54, 1.807) is 38.1 Å². The zero-order chi connectivity index (χ0) is 69.1. The number of H-pyrrole nitrogens is 2. The Balaban J connectivity index is 0.937. The van der Waals surface area contributed by atoms with E-state index in [0.29, 0.717) is 35.6 Å². The van der Waals surface area contributed by atoms with Crippen LogP contribution in [0.25, 0.3) is 22.3 Å². The summed E-state index contributed by atoms with van der Waals surface area (Å²) in [6, 6.07) is 8.75. The third kappa shape index (κ3) is 23.6. The minimum atomic E-state index is -1.65. The maximum atomic E-state index is 13.3. The highest BCUT2D eigenvalue weighted by molar-refractivity contribution is 5.99. The molecule has 14 N–H and O–H groups in total. The van der Waals surface area contributed by atoms with Gasteiger partial charge in [-0.25, -0.2) is 29.5 Å². The number of carbonyl (C=O) groups is 8. The van der Waals surface area contributed by atoms with Gasteiger partial charge in [-0.05, 0) is 75.2 Å². The summed E-state index contributed by atoms with van der Waals surface area (Å²) in [5.74, 6) is -9.74. The number of aromatic amines is 2. The van der Waals surface area contributed by atoms with Crippen LogP contribution in [0.4, 0.5) is 23.3 Å². The minimum absolute atomic E-state index is 0.00383. The van der Waals surface area contributed by atoms with Gasteiger partial charge in [-0.3, -0.25) is 48.3 Å². The molecular formula is C60H78N16O19. The Hall–Kier alpha value is -10.4. The number of nitrogens with zero attached hydrogens (tertiary/aromatic N) is 6. The Bertz CT molecular complexity index is 3510. The molecule has 0 bridgehead atoms. The molecule has 0 aliphatic rings. The number of hydrogen-bond acceptors (Lipinski definition) is 27. The van der Waals surface area contributed by atoms with Crippen molar-refractivity contribution in [2.75, 3.05) is 75.0 Å². The predicted octanol–water partition coefficient (Wildman–Crippen LogP) is 0.898. The minimum Gasteiger partial charge on any atom is -0.480 e. The molecule has 4 amide bonds. The molecular weight excluding hydrogens is 1250 g/mol. The van der Waals surface area contributed by atoms with Gasteiger partial charge in [0.1, 0.15) is 37.3 Å². The molecule has 0 saturated carbocycles. The molecule has 95 heavy (non-hydrogen) atoms. The van der Waals surface area contributed by atoms with Crippen LogP contribution in [0.5, 0.6) is 0 Å². The molecule has 0 spiro atoms. The Morgan fingerprint density at radius 3 is 1.36 bits per heavy atom. The van der Waals surface area contributed by atoms with E-state index in [1.165, 1.54) is 64.4 Å². The Labute approximate surface area is 542 Å². The van der Waals surface area contributed by atoms with Crippen LogP contribution in [0.1, 0.15) is 99.3 Å². The van der Waals surface area contributed by atoms with Crippen molar-refractivity contribution in [3.63, 3.8) is 0 Å². The van der Waals surface area contributed by atoms with Gasteiger partial charge in [-0.1, -0.05) is 27.7 Å². The molecule has 35 nitrogen and oxygen atoms in total. The number of hydrogen-bond donors (Lipinski definition) is 12. The lowest BCUT2D eigenvalue weighted by Crippen LogP contribution is -2.51. The summed E-state index contributed by atoms with van der Waals surface area (Å²) in [5.41, 5.74) is 12.3. The zero-order valence-corrected chi connectivity index (χ0v) is 53.0. The molecule has 4 heterocycles. The number of benzene rings is 2. The van der Waals surface area contributed by atoms with Crippen LogP contribution in [-0.4, -0.2) is 187 Å². The van der Waals surface area contributed by atoms with Crippen LogP contribution in [-0.2, 0) is 75.0 Å². The highest BCUT2D eigenvalue weighted by Crippen LogP contribution is 2.17. The van der Waals surface area contributed by atoms with Gasteiger partial charge in [-0.2, -0.15) is 9.97 Å². The van der Waals surface area contributed by atoms with E-state index >= 15 is 0 Å². The van der Waals surface area contributed by atoms with Gasteiger partial charge < -0.3 is 86.7 Å². The molecule has 0 radical (unpaired) electrons. The van der Waals surface area contributed by atoms with Crippen molar-refractivity contribution >= 4 is 93.1 Å². The van der Waals surface area contributed by atoms with Crippen LogP contribution in [0.15, 0.2) is 70.5 Å². The number of carboxylic acids is 2. The standard InChI is InChI=1S/C60H78N16O19/c1-7-9-43(77)94-30-42(95-44(78)10-8-2)29-93-41(27-89-19-21-91-33(5)67-51(79)31(3)45(57(85)86)71-53(81)35-11-15-37(16-12-35)63-23-39-25-65-49-47(69-39)55(83)75-59(61)73-49)28-90-20-22-92-34(6)68-52(80)32(4)46(58(87)88)72-54(82)36-13-17-38(18-14-36)64-24-40-26-66-50-48(70-40)56(84)76-60(62)74-50/h11-18,25-26,31-34,41-42,45-46,63-64H,7-10,19-24,27-30H2,1-6H3,(H,67,79)(H,68,80)(H,71,81)(H,72,82)(H,85,86)(H,87,88)(H3,61,65,73,75,83)(H3,62,66,74,76,84). The molecule has 6 aromatic rings. The van der Waals surface area contributed by atoms with Crippen LogP contribution in [0, 0.1) is 11.8 Å². The number of nitrogens with one attached hydrogen (secondary N) is 8. The maximum Gasteiger partial charge on any atom is 0.327 e. The Morgan fingerprint density at radius 2 is 0.947 bits per heavy atom. The van der Waals surface area contributed by atoms with Crippen molar-refractivity contribution in [3.8, 4) is 0 Å². The SMILES string of the molecule is CCCC(=O)OCC(COC(COCCOC(C)NC(=O)C(C)C(NC(=O)c1ccc(NCc2cnc3nc(N)[nH]c(=O)c3n2)cc1)C(=O)O)COCCOC(C)NC(=O)C(C)C(NC(=O)c1ccc(NCc2cnc3nc(N)[nH]c(=O)c3n2)cc1)C(=O)O)OC(=O)CCC. The van der Waals surface area contributed by atoms with Crippen molar-refractivity contribution in [2.45, 2.75) is 117 Å². The first kappa shape index (κ1) is 73.7. The molecule has 0 aliphatic carbocycles. The van der Waals surface area contributed by atoms with Crippen LogP contribution in [0.3, 0.4) is 0 Å². The number of carboxylic acid groups (broad SMARTS) is 2. The Kier molecular flexibility index (Phi) is 28.5. The summed E-state index contributed by atoms with van der Waals surface area (Å²) in [6.45, 7) is 8.49. The summed E-state index contributed by atoms with van der Waals surface area (Å²) >= 11 is 0. The van der Waals surface area contributed by atoms with Crippen molar-refractivity contribution in [1.29, 1.82) is 0 Å². The first-order valence-electron chi connectivity index (χ1n) is 30.2. The van der Waals surface area contributed by atoms with Crippen molar-refractivity contribution in [3.05, 3.63) is 104 Å². The molecule has 4 aromatic heterocycles. The number of carbonyl (C=O) groups excluding carboxylic acids is 6. The number of amides is 4. The topological polar surface area (TPSA) is 509 Å². The van der Waals surface area contributed by atoms with Gasteiger partial charge in [0.2, 0.25) is 23.7 Å². The fraction of sp³-hybridized carbons (Fsp3) is 0.467. The van der Waals surface area contributed by atoms with E-state index in [4.69, 9.17) is 44.6 Å². The molecule has 35 heteroatoms. The summed E-state index contributed by atoms with van der Waals surface area (Å²) in [6.07, 6.45) is 0.375. The van der Waals surface area contributed by atoms with E-state index < -0.39 is 107 Å². The van der Waals surface area contributed by atoms with E-state index in [9.17, 15) is 58.2 Å². The number of nitrogen functional groups attached to an aromatic ring is 2. The molecule has 512 valence electrons. The Morgan fingerprint density at radius 1 is 0.526 bits per heavy atom. The second-order valence-corrected chi connectivity index (χ2v) is 21.4. The number of fused-ring (bicyclic) bond motifs is 2. The number of esters is 2. The van der Waals surface area contributed by atoms with Gasteiger partial charge in [0.25, 0.3) is 22.9 Å². The summed E-state index contributed by atoms with van der Waals surface area (Å²) in [7, 11) is 0. The summed E-state index contributed by atoms with van der Waals surface area (Å²) in [4.78, 5) is 156. The molecule has 6 rings (SSSR count). The summed E-state index contributed by atoms with van der Waals surface area (Å²) in [5, 5.41) is 36.2. The van der Waals surface area contributed by atoms with E-state index in [0.717, 1.165) is 0 Å². The maximum absolute atomic E-state index is 13.3. The lowest BCUT2D eigenvalue weighted by Gasteiger charge is -2.24.